The molecule has 0 fully saturated rings. The first-order valence-electron chi connectivity index (χ1n) is 5.78. The van der Waals surface area contributed by atoms with Gasteiger partial charge in [0.05, 0.1) is 5.02 Å². The number of hydrogen-bond donors (Lipinski definition) is 1. The Morgan fingerprint density at radius 1 is 1.13 bits per heavy atom. The summed E-state index contributed by atoms with van der Waals surface area (Å²) in [5, 5.41) is 8.21. The standard InChI is InChI=1S/C12H12Cl2O7S2/c1-22(17,18)10(23(2,19)20)5-7-3-4-8(12(14)11(7)13)21-6-9(15)16/h3-5H,6H2,1-2H3,(H,15,16). The highest BCUT2D eigenvalue weighted by Crippen LogP contribution is 2.36. The molecule has 0 saturated heterocycles. The van der Waals surface area contributed by atoms with Crippen LogP contribution in [0.4, 0.5) is 0 Å². The van der Waals surface area contributed by atoms with Crippen LogP contribution in [0, 0.1) is 0 Å². The van der Waals surface area contributed by atoms with Crippen LogP contribution in [-0.2, 0) is 24.5 Å². The molecule has 1 aromatic rings. The Hall–Kier alpha value is -1.29. The second-order valence-corrected chi connectivity index (χ2v) is 9.45. The van der Waals surface area contributed by atoms with Crippen molar-refractivity contribution in [3.8, 4) is 5.75 Å². The maximum atomic E-state index is 11.6. The van der Waals surface area contributed by atoms with Crippen LogP contribution in [0.3, 0.4) is 0 Å². The lowest BCUT2D eigenvalue weighted by Gasteiger charge is -2.10. The predicted octanol–water partition coefficient (Wildman–Crippen LogP) is 1.84. The third kappa shape index (κ3) is 5.38. The molecular weight excluding hydrogens is 391 g/mol. The zero-order chi connectivity index (χ0) is 18.0. The summed E-state index contributed by atoms with van der Waals surface area (Å²) in [6.45, 7) is -0.650. The Morgan fingerprint density at radius 3 is 2.09 bits per heavy atom. The summed E-state index contributed by atoms with van der Waals surface area (Å²) in [6, 6.07) is 2.52. The molecule has 23 heavy (non-hydrogen) atoms. The summed E-state index contributed by atoms with van der Waals surface area (Å²) in [7, 11) is -8.04. The molecule has 0 bridgehead atoms. The molecule has 0 amide bonds. The Labute approximate surface area is 143 Å². The Balaban J connectivity index is 3.43. The average Bonchev–Trinajstić information content (AvgIpc) is 2.36. The van der Waals surface area contributed by atoms with Gasteiger partial charge in [0.15, 0.2) is 30.5 Å². The minimum absolute atomic E-state index is 0.0310. The largest absolute Gasteiger partial charge is 0.480 e. The Kier molecular flexibility index (Phi) is 6.08. The molecule has 0 spiro atoms. The van der Waals surface area contributed by atoms with Crippen LogP contribution in [0.1, 0.15) is 5.56 Å². The fourth-order valence-electron chi connectivity index (χ4n) is 1.53. The van der Waals surface area contributed by atoms with Crippen molar-refractivity contribution in [3.63, 3.8) is 0 Å². The molecule has 0 aliphatic carbocycles. The van der Waals surface area contributed by atoms with Gasteiger partial charge in [0.1, 0.15) is 10.8 Å². The van der Waals surface area contributed by atoms with E-state index in [-0.39, 0.29) is 21.4 Å². The van der Waals surface area contributed by atoms with Gasteiger partial charge in [0.2, 0.25) is 0 Å². The molecular formula is C12H12Cl2O7S2. The molecule has 0 aliphatic heterocycles. The summed E-state index contributed by atoms with van der Waals surface area (Å²) in [5.41, 5.74) is 0.0326. The SMILES string of the molecule is CS(=O)(=O)C(=Cc1ccc(OCC(=O)O)c(Cl)c1Cl)S(C)(=O)=O. The van der Waals surface area contributed by atoms with E-state index in [4.69, 9.17) is 33.0 Å². The number of sulfone groups is 2. The summed E-state index contributed by atoms with van der Waals surface area (Å²) >= 11 is 11.9. The van der Waals surface area contributed by atoms with Crippen molar-refractivity contribution in [1.82, 2.24) is 0 Å². The van der Waals surface area contributed by atoms with Crippen LogP contribution in [-0.4, -0.2) is 47.0 Å². The van der Waals surface area contributed by atoms with E-state index in [0.717, 1.165) is 18.6 Å². The minimum atomic E-state index is -4.02. The van der Waals surface area contributed by atoms with E-state index in [1.54, 1.807) is 0 Å². The van der Waals surface area contributed by atoms with Crippen LogP contribution in [0.2, 0.25) is 10.0 Å². The molecule has 0 aliphatic rings. The highest BCUT2D eigenvalue weighted by atomic mass is 35.5. The van der Waals surface area contributed by atoms with E-state index in [1.165, 1.54) is 12.1 Å². The molecule has 0 radical (unpaired) electrons. The third-order valence-corrected chi connectivity index (χ3v) is 6.83. The predicted molar refractivity (Wildman–Crippen MR) is 87.3 cm³/mol. The zero-order valence-electron chi connectivity index (χ0n) is 11.9. The monoisotopic (exact) mass is 402 g/mol. The van der Waals surface area contributed by atoms with E-state index in [9.17, 15) is 21.6 Å². The lowest BCUT2D eigenvalue weighted by atomic mass is 10.2. The van der Waals surface area contributed by atoms with Gasteiger partial charge in [-0.3, -0.25) is 0 Å². The van der Waals surface area contributed by atoms with Crippen molar-refractivity contribution in [2.45, 2.75) is 0 Å². The van der Waals surface area contributed by atoms with Crippen molar-refractivity contribution >= 4 is 54.9 Å². The van der Waals surface area contributed by atoms with Crippen molar-refractivity contribution in [3.05, 3.63) is 32.0 Å². The fourth-order valence-corrected chi connectivity index (χ4v) is 4.84. The van der Waals surface area contributed by atoms with Gasteiger partial charge in [0, 0.05) is 12.5 Å². The van der Waals surface area contributed by atoms with Gasteiger partial charge in [-0.1, -0.05) is 23.2 Å². The van der Waals surface area contributed by atoms with Gasteiger partial charge in [-0.05, 0) is 23.8 Å². The quantitative estimate of drug-likeness (QED) is 0.771. The van der Waals surface area contributed by atoms with Gasteiger partial charge in [-0.2, -0.15) is 0 Å². The summed E-state index contributed by atoms with van der Waals surface area (Å²) in [5.74, 6) is -1.26. The molecule has 1 N–H and O–H groups in total. The average molecular weight is 403 g/mol. The summed E-state index contributed by atoms with van der Waals surface area (Å²) in [4.78, 5) is 10.5. The topological polar surface area (TPSA) is 115 Å². The Morgan fingerprint density at radius 2 is 1.65 bits per heavy atom. The molecule has 0 saturated carbocycles. The third-order valence-electron chi connectivity index (χ3n) is 2.43. The van der Waals surface area contributed by atoms with Crippen LogP contribution >= 0.6 is 23.2 Å². The van der Waals surface area contributed by atoms with E-state index in [0.29, 0.717) is 0 Å². The molecule has 1 aromatic carbocycles. The van der Waals surface area contributed by atoms with Crippen LogP contribution in [0.5, 0.6) is 5.75 Å². The first-order valence-corrected chi connectivity index (χ1v) is 10.3. The van der Waals surface area contributed by atoms with Crippen LogP contribution in [0.15, 0.2) is 16.4 Å². The molecule has 11 heteroatoms. The minimum Gasteiger partial charge on any atom is -0.480 e. The zero-order valence-corrected chi connectivity index (χ0v) is 15.1. The lowest BCUT2D eigenvalue weighted by molar-refractivity contribution is -0.139. The number of carboxylic acids is 1. The number of halogens is 2. The van der Waals surface area contributed by atoms with Crippen molar-refractivity contribution in [1.29, 1.82) is 0 Å². The number of carboxylic acid groups (broad SMARTS) is 1. The number of aliphatic carboxylic acids is 1. The fraction of sp³-hybridized carbons (Fsp3) is 0.250. The highest BCUT2D eigenvalue weighted by molar-refractivity contribution is 8.14. The molecule has 7 nitrogen and oxygen atoms in total. The maximum absolute atomic E-state index is 11.6. The first-order chi connectivity index (χ1) is 10.3. The second-order valence-electron chi connectivity index (χ2n) is 4.47. The number of carbonyl (C=O) groups is 1. The van der Waals surface area contributed by atoms with Gasteiger partial charge in [-0.25, -0.2) is 21.6 Å². The first kappa shape index (κ1) is 19.8. The Bertz CT molecular complexity index is 837. The van der Waals surface area contributed by atoms with E-state index < -0.39 is 36.5 Å². The molecule has 128 valence electrons. The molecule has 0 aromatic heterocycles. The van der Waals surface area contributed by atoms with Crippen molar-refractivity contribution < 1.29 is 31.5 Å². The lowest BCUT2D eigenvalue weighted by Crippen LogP contribution is -2.11. The highest BCUT2D eigenvalue weighted by Gasteiger charge is 2.23. The van der Waals surface area contributed by atoms with Crippen molar-refractivity contribution in [2.75, 3.05) is 19.1 Å². The molecule has 0 atom stereocenters. The molecule has 1 rings (SSSR count). The number of rotatable bonds is 6. The summed E-state index contributed by atoms with van der Waals surface area (Å²) < 4.78 is 50.5. The number of benzene rings is 1. The van der Waals surface area contributed by atoms with Crippen molar-refractivity contribution in [2.24, 2.45) is 0 Å². The number of ether oxygens (including phenoxy) is 1. The van der Waals surface area contributed by atoms with E-state index in [2.05, 4.69) is 0 Å². The number of hydrogen-bond acceptors (Lipinski definition) is 6. The van der Waals surface area contributed by atoms with E-state index >= 15 is 0 Å². The molecule has 0 heterocycles. The van der Waals surface area contributed by atoms with Crippen LogP contribution in [0.25, 0.3) is 6.08 Å². The molecule has 0 unspecified atom stereocenters. The van der Waals surface area contributed by atoms with Gasteiger partial charge in [-0.15, -0.1) is 0 Å². The summed E-state index contributed by atoms with van der Waals surface area (Å²) in [6.07, 6.45) is 2.37. The van der Waals surface area contributed by atoms with Gasteiger partial charge in [0.25, 0.3) is 0 Å². The second kappa shape index (κ2) is 7.08. The van der Waals surface area contributed by atoms with E-state index in [1.807, 2.05) is 0 Å². The maximum Gasteiger partial charge on any atom is 0.341 e. The van der Waals surface area contributed by atoms with Gasteiger partial charge < -0.3 is 9.84 Å². The van der Waals surface area contributed by atoms with Gasteiger partial charge >= 0.3 is 5.97 Å². The smallest absolute Gasteiger partial charge is 0.341 e. The normalized spacial score (nSPS) is 11.8. The van der Waals surface area contributed by atoms with Crippen LogP contribution < -0.4 is 4.74 Å².